The van der Waals surface area contributed by atoms with E-state index in [2.05, 4.69) is 20.7 Å². The molecule has 0 N–H and O–H groups in total. The summed E-state index contributed by atoms with van der Waals surface area (Å²) in [5.74, 6) is -0.329. The maximum Gasteiger partial charge on any atom is 0.349 e. The first-order chi connectivity index (χ1) is 6.92. The SMILES string of the molecule is COC(=O)c1sc(C(C)(C)OC)cc1Br. The smallest absolute Gasteiger partial charge is 0.349 e. The van der Waals surface area contributed by atoms with Gasteiger partial charge >= 0.3 is 5.97 Å². The Bertz CT molecular complexity index is 371. The highest BCUT2D eigenvalue weighted by Crippen LogP contribution is 2.36. The number of carbonyl (C=O) groups excluding carboxylic acids is 1. The maximum atomic E-state index is 11.4. The fourth-order valence-corrected chi connectivity index (χ4v) is 2.83. The third-order valence-corrected chi connectivity index (χ3v) is 4.47. The zero-order chi connectivity index (χ0) is 11.6. The highest BCUT2D eigenvalue weighted by atomic mass is 79.9. The molecule has 0 spiro atoms. The molecule has 84 valence electrons. The lowest BCUT2D eigenvalue weighted by atomic mass is 10.1. The largest absolute Gasteiger partial charge is 0.465 e. The summed E-state index contributed by atoms with van der Waals surface area (Å²) in [5, 5.41) is 0. The second-order valence-corrected chi connectivity index (χ2v) is 5.40. The molecule has 15 heavy (non-hydrogen) atoms. The van der Waals surface area contributed by atoms with E-state index in [1.807, 2.05) is 19.9 Å². The molecule has 0 aliphatic heterocycles. The third kappa shape index (κ3) is 2.59. The second-order valence-electron chi connectivity index (χ2n) is 3.49. The van der Waals surface area contributed by atoms with Crippen molar-refractivity contribution in [3.63, 3.8) is 0 Å². The molecule has 5 heteroatoms. The topological polar surface area (TPSA) is 35.5 Å². The third-order valence-electron chi connectivity index (χ3n) is 2.16. The number of halogens is 1. The molecule has 1 aromatic heterocycles. The summed E-state index contributed by atoms with van der Waals surface area (Å²) in [6.45, 7) is 3.90. The molecule has 0 atom stereocenters. The molecule has 0 aliphatic rings. The molecule has 0 saturated carbocycles. The Morgan fingerprint density at radius 2 is 2.07 bits per heavy atom. The first-order valence-corrected chi connectivity index (χ1v) is 5.96. The number of methoxy groups -OCH3 is 2. The summed E-state index contributed by atoms with van der Waals surface area (Å²) in [4.78, 5) is 12.9. The number of esters is 1. The first kappa shape index (κ1) is 12.7. The Morgan fingerprint density at radius 1 is 1.47 bits per heavy atom. The summed E-state index contributed by atoms with van der Waals surface area (Å²) in [6, 6.07) is 1.89. The molecule has 3 nitrogen and oxygen atoms in total. The van der Waals surface area contributed by atoms with Gasteiger partial charge in [0.15, 0.2) is 0 Å². The van der Waals surface area contributed by atoms with E-state index in [0.717, 1.165) is 9.35 Å². The van der Waals surface area contributed by atoms with Gasteiger partial charge in [-0.15, -0.1) is 11.3 Å². The van der Waals surface area contributed by atoms with E-state index in [4.69, 9.17) is 4.74 Å². The molecule has 0 bridgehead atoms. The average Bonchev–Trinajstić information content (AvgIpc) is 2.60. The fraction of sp³-hybridized carbons (Fsp3) is 0.500. The zero-order valence-corrected chi connectivity index (χ0v) is 11.5. The van der Waals surface area contributed by atoms with Crippen molar-refractivity contribution in [2.45, 2.75) is 19.4 Å². The molecule has 1 aromatic rings. The van der Waals surface area contributed by atoms with E-state index in [9.17, 15) is 4.79 Å². The van der Waals surface area contributed by atoms with E-state index < -0.39 is 0 Å². The highest BCUT2D eigenvalue weighted by Gasteiger charge is 2.25. The Hall–Kier alpha value is -0.390. The van der Waals surface area contributed by atoms with Crippen LogP contribution in [-0.4, -0.2) is 20.2 Å². The van der Waals surface area contributed by atoms with Crippen LogP contribution in [0.15, 0.2) is 10.5 Å². The van der Waals surface area contributed by atoms with Gasteiger partial charge in [0, 0.05) is 16.5 Å². The summed E-state index contributed by atoms with van der Waals surface area (Å²) >= 11 is 4.71. The minimum atomic E-state index is -0.389. The molecule has 0 saturated heterocycles. The predicted molar refractivity (Wildman–Crippen MR) is 63.4 cm³/mol. The van der Waals surface area contributed by atoms with Crippen LogP contribution in [0.25, 0.3) is 0 Å². The van der Waals surface area contributed by atoms with Crippen LogP contribution in [0.4, 0.5) is 0 Å². The Kier molecular flexibility index (Phi) is 3.92. The lowest BCUT2D eigenvalue weighted by Crippen LogP contribution is -2.17. The van der Waals surface area contributed by atoms with Gasteiger partial charge in [0.1, 0.15) is 4.88 Å². The van der Waals surface area contributed by atoms with Crippen molar-refractivity contribution < 1.29 is 14.3 Å². The number of hydrogen-bond donors (Lipinski definition) is 0. The van der Waals surface area contributed by atoms with Crippen molar-refractivity contribution >= 4 is 33.2 Å². The van der Waals surface area contributed by atoms with Gasteiger partial charge in [-0.3, -0.25) is 0 Å². The molecule has 0 amide bonds. The average molecular weight is 293 g/mol. The molecule has 0 unspecified atom stereocenters. The number of ether oxygens (including phenoxy) is 2. The van der Waals surface area contributed by atoms with E-state index in [-0.39, 0.29) is 11.6 Å². The highest BCUT2D eigenvalue weighted by molar-refractivity contribution is 9.10. The van der Waals surface area contributed by atoms with Crippen LogP contribution in [0.2, 0.25) is 0 Å². The fourth-order valence-electron chi connectivity index (χ4n) is 0.998. The lowest BCUT2D eigenvalue weighted by Gasteiger charge is -2.20. The minimum Gasteiger partial charge on any atom is -0.465 e. The van der Waals surface area contributed by atoms with Crippen LogP contribution in [-0.2, 0) is 15.1 Å². The normalized spacial score (nSPS) is 11.5. The Labute approximate surface area is 102 Å². The minimum absolute atomic E-state index is 0.329. The van der Waals surface area contributed by atoms with Gasteiger partial charge in [0.2, 0.25) is 0 Å². The van der Waals surface area contributed by atoms with Gasteiger partial charge in [-0.1, -0.05) is 0 Å². The van der Waals surface area contributed by atoms with Gasteiger partial charge in [-0.25, -0.2) is 4.79 Å². The van der Waals surface area contributed by atoms with Crippen molar-refractivity contribution in [2.75, 3.05) is 14.2 Å². The Balaban J connectivity index is 3.11. The molecule has 1 rings (SSSR count). The number of hydrogen-bond acceptors (Lipinski definition) is 4. The van der Waals surface area contributed by atoms with E-state index in [0.29, 0.717) is 4.88 Å². The number of rotatable bonds is 3. The lowest BCUT2D eigenvalue weighted by molar-refractivity contribution is 0.0224. The van der Waals surface area contributed by atoms with Crippen LogP contribution in [0.3, 0.4) is 0 Å². The standard InChI is InChI=1S/C10H13BrO3S/c1-10(2,14-4)7-5-6(11)8(15-7)9(12)13-3/h5H,1-4H3. The molecule has 0 aliphatic carbocycles. The molecule has 0 aromatic carbocycles. The van der Waals surface area contributed by atoms with E-state index in [1.165, 1.54) is 18.4 Å². The van der Waals surface area contributed by atoms with Crippen LogP contribution in [0.5, 0.6) is 0 Å². The molecular weight excluding hydrogens is 280 g/mol. The maximum absolute atomic E-state index is 11.4. The van der Waals surface area contributed by atoms with Crippen molar-refractivity contribution in [2.24, 2.45) is 0 Å². The van der Waals surface area contributed by atoms with Crippen LogP contribution >= 0.6 is 27.3 Å². The van der Waals surface area contributed by atoms with E-state index >= 15 is 0 Å². The number of carbonyl (C=O) groups is 1. The van der Waals surface area contributed by atoms with Gasteiger partial charge in [-0.05, 0) is 35.8 Å². The summed E-state index contributed by atoms with van der Waals surface area (Å²) < 4.78 is 10.8. The van der Waals surface area contributed by atoms with Crippen LogP contribution in [0, 0.1) is 0 Å². The summed E-state index contributed by atoms with van der Waals surface area (Å²) in [7, 11) is 3.01. The van der Waals surface area contributed by atoms with Gasteiger partial charge in [0.05, 0.1) is 12.7 Å². The van der Waals surface area contributed by atoms with Gasteiger partial charge in [0.25, 0.3) is 0 Å². The zero-order valence-electron chi connectivity index (χ0n) is 9.09. The molecular formula is C10H13BrO3S. The quantitative estimate of drug-likeness (QED) is 0.803. The van der Waals surface area contributed by atoms with Crippen molar-refractivity contribution in [3.05, 3.63) is 20.3 Å². The van der Waals surface area contributed by atoms with Crippen LogP contribution in [0.1, 0.15) is 28.4 Å². The second kappa shape index (κ2) is 4.63. The molecule has 1 heterocycles. The predicted octanol–water partition coefficient (Wildman–Crippen LogP) is 3.18. The first-order valence-electron chi connectivity index (χ1n) is 4.35. The monoisotopic (exact) mass is 292 g/mol. The van der Waals surface area contributed by atoms with E-state index in [1.54, 1.807) is 7.11 Å². The van der Waals surface area contributed by atoms with Crippen LogP contribution < -0.4 is 0 Å². The van der Waals surface area contributed by atoms with Gasteiger partial charge in [-0.2, -0.15) is 0 Å². The van der Waals surface area contributed by atoms with Crippen molar-refractivity contribution in [3.8, 4) is 0 Å². The van der Waals surface area contributed by atoms with Crippen molar-refractivity contribution in [1.82, 2.24) is 0 Å². The Morgan fingerprint density at radius 3 is 2.53 bits per heavy atom. The summed E-state index contributed by atoms with van der Waals surface area (Å²) in [6.07, 6.45) is 0. The summed E-state index contributed by atoms with van der Waals surface area (Å²) in [5.41, 5.74) is -0.389. The van der Waals surface area contributed by atoms with Crippen molar-refractivity contribution in [1.29, 1.82) is 0 Å². The molecule has 0 radical (unpaired) electrons. The van der Waals surface area contributed by atoms with Gasteiger partial charge < -0.3 is 9.47 Å². The number of thiophene rings is 1. The molecule has 0 fully saturated rings.